The number of nitrogens with zero attached hydrogens (tertiary/aromatic N) is 2. The van der Waals surface area contributed by atoms with Crippen LogP contribution in [0.25, 0.3) is 5.57 Å². The fourth-order valence-electron chi connectivity index (χ4n) is 4.64. The molecule has 0 saturated carbocycles. The first-order valence-corrected chi connectivity index (χ1v) is 12.3. The van der Waals surface area contributed by atoms with Gasteiger partial charge in [-0.15, -0.1) is 0 Å². The van der Waals surface area contributed by atoms with Crippen molar-refractivity contribution in [2.45, 2.75) is 25.6 Å². The van der Waals surface area contributed by atoms with E-state index in [1.165, 1.54) is 12.0 Å². The van der Waals surface area contributed by atoms with Crippen LogP contribution in [0.3, 0.4) is 0 Å². The number of aromatic nitrogens is 1. The second-order valence-corrected chi connectivity index (χ2v) is 9.76. The maximum Gasteiger partial charge on any atom is 0.138 e. The topological polar surface area (TPSA) is 34.6 Å². The van der Waals surface area contributed by atoms with E-state index in [1.54, 1.807) is 18.2 Å². The van der Waals surface area contributed by atoms with Gasteiger partial charge >= 0.3 is 0 Å². The Hall–Kier alpha value is -2.11. The summed E-state index contributed by atoms with van der Waals surface area (Å²) in [7, 11) is 0. The maximum atomic E-state index is 6.22. The highest BCUT2D eigenvalue weighted by atomic mass is 35.5. The molecule has 4 nitrogen and oxygen atoms in total. The Balaban J connectivity index is 1.17. The van der Waals surface area contributed by atoms with E-state index in [0.29, 0.717) is 40.3 Å². The van der Waals surface area contributed by atoms with E-state index >= 15 is 0 Å². The Bertz CT molecular complexity index is 1080. The van der Waals surface area contributed by atoms with Gasteiger partial charge in [0.1, 0.15) is 12.4 Å². The number of ether oxygens (including phenoxy) is 2. The first kappa shape index (κ1) is 22.7. The van der Waals surface area contributed by atoms with Gasteiger partial charge in [-0.25, -0.2) is 4.98 Å². The van der Waals surface area contributed by atoms with Crippen molar-refractivity contribution in [3.05, 3.63) is 88.2 Å². The molecule has 2 aliphatic heterocycles. The molecule has 5 rings (SSSR count). The van der Waals surface area contributed by atoms with Gasteiger partial charge in [0.05, 0.1) is 22.5 Å². The largest absolute Gasteiger partial charge is 0.486 e. The highest BCUT2D eigenvalue weighted by Gasteiger charge is 2.29. The van der Waals surface area contributed by atoms with Gasteiger partial charge in [-0.1, -0.05) is 59.6 Å². The zero-order chi connectivity index (χ0) is 22.6. The predicted octanol–water partition coefficient (Wildman–Crippen LogP) is 6.20. The summed E-state index contributed by atoms with van der Waals surface area (Å²) in [5, 5.41) is 1.09. The molecule has 0 amide bonds. The lowest BCUT2D eigenvalue weighted by atomic mass is 9.82. The van der Waals surface area contributed by atoms with E-state index in [0.717, 1.165) is 44.0 Å². The van der Waals surface area contributed by atoms with Crippen LogP contribution >= 0.6 is 23.2 Å². The molecule has 1 aliphatic carbocycles. The van der Waals surface area contributed by atoms with E-state index < -0.39 is 0 Å². The van der Waals surface area contributed by atoms with E-state index in [2.05, 4.69) is 41.3 Å². The molecule has 172 valence electrons. The smallest absolute Gasteiger partial charge is 0.138 e. The molecule has 0 bridgehead atoms. The molecule has 2 aromatic rings. The van der Waals surface area contributed by atoms with Crippen LogP contribution in [-0.2, 0) is 11.3 Å². The van der Waals surface area contributed by atoms with Gasteiger partial charge in [0.25, 0.3) is 0 Å². The van der Waals surface area contributed by atoms with Crippen LogP contribution in [0.15, 0.2) is 66.8 Å². The Morgan fingerprint density at radius 1 is 1.09 bits per heavy atom. The van der Waals surface area contributed by atoms with E-state index in [9.17, 15) is 0 Å². The standard InChI is InChI=1S/C27H28Cl2N2O2/c28-22-8-9-27(25(29)15-22)33-18-23-6-3-7-26(30-23)21-10-12-31(17-21)16-20-5-2-1-4-19(20)14-24-11-13-32-24/h1-10,15,19-20,24H,11-14,16-18H2. The maximum absolute atomic E-state index is 6.22. The average Bonchev–Trinajstić information content (AvgIpc) is 3.25. The van der Waals surface area contributed by atoms with E-state index in [-0.39, 0.29) is 0 Å². The molecule has 33 heavy (non-hydrogen) atoms. The monoisotopic (exact) mass is 482 g/mol. The van der Waals surface area contributed by atoms with E-state index in [1.807, 2.05) is 12.1 Å². The zero-order valence-corrected chi connectivity index (χ0v) is 20.0. The molecule has 6 heteroatoms. The van der Waals surface area contributed by atoms with Gasteiger partial charge < -0.3 is 9.47 Å². The zero-order valence-electron chi connectivity index (χ0n) is 18.5. The van der Waals surface area contributed by atoms with Crippen molar-refractivity contribution >= 4 is 28.8 Å². The van der Waals surface area contributed by atoms with Gasteiger partial charge in [-0.05, 0) is 60.6 Å². The Morgan fingerprint density at radius 3 is 2.73 bits per heavy atom. The number of hydrogen-bond acceptors (Lipinski definition) is 4. The Morgan fingerprint density at radius 2 is 1.94 bits per heavy atom. The summed E-state index contributed by atoms with van der Waals surface area (Å²) in [6.45, 7) is 4.21. The molecule has 1 aromatic carbocycles. The minimum atomic E-state index is 0.357. The average molecular weight is 483 g/mol. The lowest BCUT2D eigenvalue weighted by Crippen LogP contribution is -2.35. The highest BCUT2D eigenvalue weighted by molar-refractivity contribution is 6.35. The van der Waals surface area contributed by atoms with Crippen molar-refractivity contribution in [3.8, 4) is 5.75 Å². The second-order valence-electron chi connectivity index (χ2n) is 8.92. The van der Waals surface area contributed by atoms with Crippen LogP contribution in [0.5, 0.6) is 5.75 Å². The van der Waals surface area contributed by atoms with Crippen molar-refractivity contribution < 1.29 is 9.47 Å². The van der Waals surface area contributed by atoms with Crippen molar-refractivity contribution in [3.63, 3.8) is 0 Å². The minimum Gasteiger partial charge on any atom is -0.486 e. The first-order valence-electron chi connectivity index (χ1n) is 11.6. The van der Waals surface area contributed by atoms with Crippen molar-refractivity contribution in [2.24, 2.45) is 11.8 Å². The van der Waals surface area contributed by atoms with Crippen LogP contribution in [0.2, 0.25) is 10.0 Å². The minimum absolute atomic E-state index is 0.357. The molecular formula is C27H28Cl2N2O2. The number of pyridine rings is 1. The van der Waals surface area contributed by atoms with Gasteiger partial charge in [0.2, 0.25) is 0 Å². The first-order chi connectivity index (χ1) is 16.1. The predicted molar refractivity (Wildman–Crippen MR) is 134 cm³/mol. The Labute approximate surface area is 205 Å². The van der Waals surface area contributed by atoms with Gasteiger partial charge in [0, 0.05) is 31.3 Å². The third kappa shape index (κ3) is 5.70. The van der Waals surface area contributed by atoms with Crippen molar-refractivity contribution in [2.75, 3.05) is 26.2 Å². The number of benzene rings is 1. The summed E-state index contributed by atoms with van der Waals surface area (Å²) in [5.74, 6) is 1.70. The number of halogens is 2. The lowest BCUT2D eigenvalue weighted by Gasteiger charge is -2.34. The highest BCUT2D eigenvalue weighted by Crippen LogP contribution is 2.31. The second kappa shape index (κ2) is 10.4. The summed E-state index contributed by atoms with van der Waals surface area (Å²) in [5.41, 5.74) is 3.16. The molecule has 3 aliphatic rings. The number of rotatable bonds is 8. The molecule has 1 fully saturated rings. The molecular weight excluding hydrogens is 455 g/mol. The molecule has 1 aromatic heterocycles. The van der Waals surface area contributed by atoms with Crippen LogP contribution < -0.4 is 4.74 Å². The molecule has 0 radical (unpaired) electrons. The molecule has 0 N–H and O–H groups in total. The third-order valence-corrected chi connectivity index (χ3v) is 7.10. The van der Waals surface area contributed by atoms with Crippen molar-refractivity contribution in [1.82, 2.24) is 9.88 Å². The van der Waals surface area contributed by atoms with Gasteiger partial charge in [-0.2, -0.15) is 0 Å². The summed E-state index contributed by atoms with van der Waals surface area (Å²) < 4.78 is 11.6. The molecule has 3 heterocycles. The van der Waals surface area contributed by atoms with E-state index in [4.69, 9.17) is 37.7 Å². The summed E-state index contributed by atoms with van der Waals surface area (Å²) in [6, 6.07) is 11.3. The third-order valence-electron chi connectivity index (χ3n) is 6.57. The summed E-state index contributed by atoms with van der Waals surface area (Å²) in [4.78, 5) is 7.35. The van der Waals surface area contributed by atoms with Crippen LogP contribution in [0, 0.1) is 11.8 Å². The normalized spacial score (nSPS) is 24.5. The summed E-state index contributed by atoms with van der Waals surface area (Å²) >= 11 is 12.2. The van der Waals surface area contributed by atoms with Crippen LogP contribution in [0.4, 0.5) is 0 Å². The Kier molecular flexibility index (Phi) is 7.17. The number of allylic oxidation sites excluding steroid dienone is 3. The van der Waals surface area contributed by atoms with Crippen LogP contribution in [-0.4, -0.2) is 42.2 Å². The quantitative estimate of drug-likeness (QED) is 0.448. The molecule has 0 spiro atoms. The summed E-state index contributed by atoms with van der Waals surface area (Å²) in [6.07, 6.45) is 14.2. The molecule has 1 saturated heterocycles. The lowest BCUT2D eigenvalue weighted by molar-refractivity contribution is -0.0626. The fraction of sp³-hybridized carbons (Fsp3) is 0.370. The molecule has 3 unspecified atom stereocenters. The number of hydrogen-bond donors (Lipinski definition) is 0. The SMILES string of the molecule is Clc1ccc(OCc2cccc(C3=CCN(CC4C=CC=CC4CC4CCO4)C3)n2)c(Cl)c1. The van der Waals surface area contributed by atoms with Gasteiger partial charge in [0.15, 0.2) is 0 Å². The molecule has 3 atom stereocenters. The van der Waals surface area contributed by atoms with Crippen LogP contribution in [0.1, 0.15) is 24.2 Å². The van der Waals surface area contributed by atoms with Gasteiger partial charge in [-0.3, -0.25) is 4.90 Å². The fourth-order valence-corrected chi connectivity index (χ4v) is 5.10. The van der Waals surface area contributed by atoms with Crippen molar-refractivity contribution in [1.29, 1.82) is 0 Å².